The molecule has 0 aliphatic carbocycles. The molecule has 74 valence electrons. The summed E-state index contributed by atoms with van der Waals surface area (Å²) in [5.74, 6) is -0.800. The highest BCUT2D eigenvalue weighted by Gasteiger charge is 2.27. The molecule has 4 heteroatoms. The van der Waals surface area contributed by atoms with E-state index in [2.05, 4.69) is 21.2 Å². The van der Waals surface area contributed by atoms with Gasteiger partial charge in [-0.25, -0.2) is 4.79 Å². The molecule has 1 aromatic rings. The maximum Gasteiger partial charge on any atom is 0.326 e. The molecule has 1 unspecified atom stereocenters. The first-order chi connectivity index (χ1) is 6.58. The third-order valence-electron chi connectivity index (χ3n) is 2.36. The van der Waals surface area contributed by atoms with Crippen LogP contribution < -0.4 is 5.32 Å². The van der Waals surface area contributed by atoms with E-state index in [1.807, 2.05) is 19.1 Å². The third kappa shape index (κ3) is 1.50. The Bertz CT molecular complexity index is 403. The van der Waals surface area contributed by atoms with Crippen LogP contribution in [0.5, 0.6) is 0 Å². The van der Waals surface area contributed by atoms with Crippen molar-refractivity contribution in [3.05, 3.63) is 27.7 Å². The van der Waals surface area contributed by atoms with E-state index >= 15 is 0 Å². The molecule has 0 radical (unpaired) electrons. The van der Waals surface area contributed by atoms with E-state index < -0.39 is 12.0 Å². The fourth-order valence-electron chi connectivity index (χ4n) is 1.73. The fraction of sp³-hybridized carbons (Fsp3) is 0.300. The Morgan fingerprint density at radius 2 is 2.36 bits per heavy atom. The first-order valence-corrected chi connectivity index (χ1v) is 5.15. The molecule has 14 heavy (non-hydrogen) atoms. The van der Waals surface area contributed by atoms with Crippen molar-refractivity contribution >= 4 is 27.6 Å². The van der Waals surface area contributed by atoms with Crippen LogP contribution in [0.2, 0.25) is 0 Å². The number of carbonyl (C=O) groups is 1. The Hall–Kier alpha value is -1.03. The topological polar surface area (TPSA) is 49.3 Å². The summed E-state index contributed by atoms with van der Waals surface area (Å²) in [7, 11) is 0. The van der Waals surface area contributed by atoms with E-state index in [-0.39, 0.29) is 0 Å². The highest BCUT2D eigenvalue weighted by Crippen LogP contribution is 2.34. The lowest BCUT2D eigenvalue weighted by atomic mass is 10.1. The number of carboxylic acid groups (broad SMARTS) is 1. The second kappa shape index (κ2) is 3.28. The minimum Gasteiger partial charge on any atom is -0.480 e. The molecule has 0 bridgehead atoms. The van der Waals surface area contributed by atoms with Crippen molar-refractivity contribution in [2.75, 3.05) is 5.32 Å². The summed E-state index contributed by atoms with van der Waals surface area (Å²) >= 11 is 3.42. The molecule has 3 nitrogen and oxygen atoms in total. The van der Waals surface area contributed by atoms with Gasteiger partial charge in [0.25, 0.3) is 0 Å². The molecule has 0 amide bonds. The molecule has 1 aromatic carbocycles. The van der Waals surface area contributed by atoms with Crippen molar-refractivity contribution in [3.63, 3.8) is 0 Å². The SMILES string of the molecule is Cc1cc(Br)c2c(c1)CC(C(=O)O)N2. The number of anilines is 1. The van der Waals surface area contributed by atoms with Gasteiger partial charge < -0.3 is 10.4 Å². The third-order valence-corrected chi connectivity index (χ3v) is 2.98. The predicted molar refractivity (Wildman–Crippen MR) is 57.6 cm³/mol. The predicted octanol–water partition coefficient (Wildman–Crippen LogP) is 2.18. The lowest BCUT2D eigenvalue weighted by molar-refractivity contribution is -0.137. The van der Waals surface area contributed by atoms with E-state index in [4.69, 9.17) is 5.11 Å². The Morgan fingerprint density at radius 1 is 1.64 bits per heavy atom. The number of nitrogens with one attached hydrogen (secondary N) is 1. The van der Waals surface area contributed by atoms with Gasteiger partial charge in [0.1, 0.15) is 6.04 Å². The highest BCUT2D eigenvalue weighted by atomic mass is 79.9. The number of hydrogen-bond donors (Lipinski definition) is 2. The number of benzene rings is 1. The van der Waals surface area contributed by atoms with Crippen LogP contribution in [0.3, 0.4) is 0 Å². The van der Waals surface area contributed by atoms with Gasteiger partial charge >= 0.3 is 5.97 Å². The van der Waals surface area contributed by atoms with Gasteiger partial charge in [0, 0.05) is 10.9 Å². The van der Waals surface area contributed by atoms with Gasteiger partial charge in [0.2, 0.25) is 0 Å². The molecular formula is C10H10BrNO2. The van der Waals surface area contributed by atoms with Crippen LogP contribution in [0.25, 0.3) is 0 Å². The molecule has 0 aromatic heterocycles. The van der Waals surface area contributed by atoms with Crippen molar-refractivity contribution in [2.24, 2.45) is 0 Å². The molecule has 1 aliphatic rings. The van der Waals surface area contributed by atoms with Gasteiger partial charge in [-0.2, -0.15) is 0 Å². The van der Waals surface area contributed by atoms with Crippen LogP contribution in [-0.2, 0) is 11.2 Å². The first-order valence-electron chi connectivity index (χ1n) is 4.36. The lowest BCUT2D eigenvalue weighted by Crippen LogP contribution is -2.26. The summed E-state index contributed by atoms with van der Waals surface area (Å²) < 4.78 is 0.941. The smallest absolute Gasteiger partial charge is 0.326 e. The van der Waals surface area contributed by atoms with Crippen molar-refractivity contribution in [1.82, 2.24) is 0 Å². The van der Waals surface area contributed by atoms with Crippen molar-refractivity contribution < 1.29 is 9.90 Å². The van der Waals surface area contributed by atoms with Crippen molar-refractivity contribution in [2.45, 2.75) is 19.4 Å². The number of hydrogen-bond acceptors (Lipinski definition) is 2. The van der Waals surface area contributed by atoms with Crippen LogP contribution in [0, 0.1) is 6.92 Å². The molecular weight excluding hydrogens is 246 g/mol. The highest BCUT2D eigenvalue weighted by molar-refractivity contribution is 9.10. The van der Waals surface area contributed by atoms with E-state index in [1.54, 1.807) is 0 Å². The molecule has 1 heterocycles. The Labute approximate surface area is 90.3 Å². The Morgan fingerprint density at radius 3 is 3.00 bits per heavy atom. The lowest BCUT2D eigenvalue weighted by Gasteiger charge is -2.06. The summed E-state index contributed by atoms with van der Waals surface area (Å²) in [6.07, 6.45) is 0.560. The van der Waals surface area contributed by atoms with Crippen molar-refractivity contribution in [3.8, 4) is 0 Å². The Balaban J connectivity index is 2.39. The summed E-state index contributed by atoms with van der Waals surface area (Å²) in [5, 5.41) is 11.9. The summed E-state index contributed by atoms with van der Waals surface area (Å²) in [5.41, 5.74) is 3.13. The summed E-state index contributed by atoms with van der Waals surface area (Å²) in [4.78, 5) is 10.8. The normalized spacial score (nSPS) is 18.9. The standard InChI is InChI=1S/C10H10BrNO2/c1-5-2-6-4-8(10(13)14)12-9(6)7(11)3-5/h2-3,8,12H,4H2,1H3,(H,13,14). The van der Waals surface area contributed by atoms with Gasteiger partial charge in [-0.15, -0.1) is 0 Å². The van der Waals surface area contributed by atoms with Crippen LogP contribution in [0.4, 0.5) is 5.69 Å². The maximum atomic E-state index is 10.8. The number of halogens is 1. The number of aryl methyl sites for hydroxylation is 1. The molecule has 0 saturated heterocycles. The average molecular weight is 256 g/mol. The van der Waals surface area contributed by atoms with E-state index in [1.165, 1.54) is 0 Å². The van der Waals surface area contributed by atoms with Gasteiger partial charge in [0.05, 0.1) is 5.69 Å². The van der Waals surface area contributed by atoms with Crippen LogP contribution in [0.15, 0.2) is 16.6 Å². The van der Waals surface area contributed by atoms with Gasteiger partial charge in [0.15, 0.2) is 0 Å². The minimum atomic E-state index is -0.800. The number of rotatable bonds is 1. The van der Waals surface area contributed by atoms with Gasteiger partial charge in [-0.3, -0.25) is 0 Å². The second-order valence-electron chi connectivity index (χ2n) is 3.52. The van der Waals surface area contributed by atoms with Crippen LogP contribution in [0.1, 0.15) is 11.1 Å². The maximum absolute atomic E-state index is 10.8. The van der Waals surface area contributed by atoms with E-state index in [0.717, 1.165) is 21.3 Å². The average Bonchev–Trinajstić information content (AvgIpc) is 2.47. The van der Waals surface area contributed by atoms with Crippen LogP contribution >= 0.6 is 15.9 Å². The zero-order valence-corrected chi connectivity index (χ0v) is 9.26. The monoisotopic (exact) mass is 255 g/mol. The molecule has 0 saturated carbocycles. The van der Waals surface area contributed by atoms with E-state index in [0.29, 0.717) is 6.42 Å². The fourth-order valence-corrected chi connectivity index (χ4v) is 2.46. The van der Waals surface area contributed by atoms with Gasteiger partial charge in [-0.05, 0) is 40.0 Å². The molecule has 0 fully saturated rings. The zero-order chi connectivity index (χ0) is 10.3. The molecule has 1 atom stereocenters. The molecule has 2 N–H and O–H groups in total. The molecule has 1 aliphatic heterocycles. The minimum absolute atomic E-state index is 0.483. The quantitative estimate of drug-likeness (QED) is 0.809. The van der Waals surface area contributed by atoms with E-state index in [9.17, 15) is 4.79 Å². The summed E-state index contributed by atoms with van der Waals surface area (Å²) in [6, 6.07) is 3.52. The molecule has 0 spiro atoms. The Kier molecular flexibility index (Phi) is 2.23. The van der Waals surface area contributed by atoms with Crippen molar-refractivity contribution in [1.29, 1.82) is 0 Å². The molecule has 2 rings (SSSR count). The summed E-state index contributed by atoms with van der Waals surface area (Å²) in [6.45, 7) is 2.00. The number of carboxylic acids is 1. The largest absolute Gasteiger partial charge is 0.480 e. The second-order valence-corrected chi connectivity index (χ2v) is 4.37. The van der Waals surface area contributed by atoms with Gasteiger partial charge in [-0.1, -0.05) is 6.07 Å². The van der Waals surface area contributed by atoms with Crippen LogP contribution in [-0.4, -0.2) is 17.1 Å². The number of aliphatic carboxylic acids is 1. The number of fused-ring (bicyclic) bond motifs is 1. The first kappa shape index (κ1) is 9.52. The zero-order valence-electron chi connectivity index (χ0n) is 7.67.